The van der Waals surface area contributed by atoms with Crippen LogP contribution in [0.3, 0.4) is 0 Å². The number of rotatable bonds is 6. The van der Waals surface area contributed by atoms with E-state index in [9.17, 15) is 9.59 Å². The van der Waals surface area contributed by atoms with E-state index in [4.69, 9.17) is 4.42 Å². The first kappa shape index (κ1) is 16.7. The van der Waals surface area contributed by atoms with Crippen molar-refractivity contribution >= 4 is 45.1 Å². The Morgan fingerprint density at radius 1 is 1.33 bits per heavy atom. The summed E-state index contributed by atoms with van der Waals surface area (Å²) < 4.78 is 5.96. The molecule has 0 bridgehead atoms. The second-order valence-electron chi connectivity index (χ2n) is 5.01. The third kappa shape index (κ3) is 3.82. The number of amides is 1. The van der Waals surface area contributed by atoms with Crippen LogP contribution in [0, 0.1) is 0 Å². The molecule has 0 aliphatic rings. The van der Waals surface area contributed by atoms with E-state index in [1.165, 1.54) is 17.4 Å². The number of carbonyl (C=O) groups excluding carboxylic acids is 1. The van der Waals surface area contributed by atoms with Gasteiger partial charge < -0.3 is 4.42 Å². The summed E-state index contributed by atoms with van der Waals surface area (Å²) in [6.07, 6.45) is 2.22. The van der Waals surface area contributed by atoms with Gasteiger partial charge in [0.2, 0.25) is 5.13 Å². The maximum atomic E-state index is 12.3. The molecule has 0 aliphatic heterocycles. The molecule has 8 heteroatoms. The molecule has 0 unspecified atom stereocenters. The fraction of sp³-hybridized carbons (Fsp3) is 0.250. The summed E-state index contributed by atoms with van der Waals surface area (Å²) >= 11 is 2.90. The van der Waals surface area contributed by atoms with Gasteiger partial charge in [-0.3, -0.25) is 10.1 Å². The average molecular weight is 361 g/mol. The van der Waals surface area contributed by atoms with Crippen LogP contribution < -0.4 is 10.9 Å². The Morgan fingerprint density at radius 3 is 3.00 bits per heavy atom. The van der Waals surface area contributed by atoms with Crippen molar-refractivity contribution in [2.45, 2.75) is 24.1 Å². The van der Waals surface area contributed by atoms with Crippen LogP contribution in [0.15, 0.2) is 43.9 Å². The Balaban J connectivity index is 1.75. The summed E-state index contributed by atoms with van der Waals surface area (Å²) in [5, 5.41) is 11.6. The van der Waals surface area contributed by atoms with Crippen LogP contribution in [0.5, 0.6) is 0 Å². The SMILES string of the molecule is CCCCSc1nnc(NC(=O)c2cc3ccccc3oc2=O)s1. The van der Waals surface area contributed by atoms with E-state index in [-0.39, 0.29) is 5.56 Å². The van der Waals surface area contributed by atoms with Crippen LogP contribution in [0.25, 0.3) is 11.0 Å². The van der Waals surface area contributed by atoms with E-state index >= 15 is 0 Å². The average Bonchev–Trinajstić information content (AvgIpc) is 3.01. The number of thioether (sulfide) groups is 1. The van der Waals surface area contributed by atoms with Crippen molar-refractivity contribution in [3.63, 3.8) is 0 Å². The molecule has 0 atom stereocenters. The standard InChI is InChI=1S/C16H15N3O3S2/c1-2-3-8-23-16-19-18-15(24-16)17-13(20)11-9-10-6-4-5-7-12(10)22-14(11)21/h4-7,9H,2-3,8H2,1H3,(H,17,18,20). The molecule has 24 heavy (non-hydrogen) atoms. The minimum absolute atomic E-state index is 0.0518. The Kier molecular flexibility index (Phi) is 5.27. The molecule has 124 valence electrons. The highest BCUT2D eigenvalue weighted by molar-refractivity contribution is 8.01. The van der Waals surface area contributed by atoms with Gasteiger partial charge >= 0.3 is 5.63 Å². The molecule has 0 aliphatic carbocycles. The number of para-hydroxylation sites is 1. The van der Waals surface area contributed by atoms with E-state index in [0.29, 0.717) is 16.1 Å². The van der Waals surface area contributed by atoms with Crippen LogP contribution in [0.1, 0.15) is 30.1 Å². The van der Waals surface area contributed by atoms with Crippen LogP contribution >= 0.6 is 23.1 Å². The summed E-state index contributed by atoms with van der Waals surface area (Å²) in [6.45, 7) is 2.13. The molecule has 0 spiro atoms. The van der Waals surface area contributed by atoms with Gasteiger partial charge in [0.05, 0.1) is 0 Å². The second kappa shape index (κ2) is 7.59. The zero-order valence-corrected chi connectivity index (χ0v) is 14.6. The van der Waals surface area contributed by atoms with Gasteiger partial charge in [0.1, 0.15) is 11.1 Å². The lowest BCUT2D eigenvalue weighted by Crippen LogP contribution is -2.20. The number of hydrogen-bond acceptors (Lipinski definition) is 7. The molecule has 2 aromatic heterocycles. The third-order valence-electron chi connectivity index (χ3n) is 3.24. The number of fused-ring (bicyclic) bond motifs is 1. The molecule has 1 aromatic carbocycles. The minimum atomic E-state index is -0.673. The van der Waals surface area contributed by atoms with Crippen molar-refractivity contribution < 1.29 is 9.21 Å². The Morgan fingerprint density at radius 2 is 2.17 bits per heavy atom. The van der Waals surface area contributed by atoms with Gasteiger partial charge in [0.25, 0.3) is 5.91 Å². The summed E-state index contributed by atoms with van der Waals surface area (Å²) in [5.74, 6) is 0.420. The van der Waals surface area contributed by atoms with Crippen LogP contribution in [0.4, 0.5) is 5.13 Å². The van der Waals surface area contributed by atoms with E-state index in [1.54, 1.807) is 30.0 Å². The molecule has 0 fully saturated rings. The first-order chi connectivity index (χ1) is 11.7. The number of aromatic nitrogens is 2. The minimum Gasteiger partial charge on any atom is -0.422 e. The van der Waals surface area contributed by atoms with Gasteiger partial charge in [-0.25, -0.2) is 4.79 Å². The summed E-state index contributed by atoms with van der Waals surface area (Å²) in [4.78, 5) is 24.3. The highest BCUT2D eigenvalue weighted by Crippen LogP contribution is 2.26. The normalized spacial score (nSPS) is 10.9. The molecule has 1 N–H and O–H groups in total. The van der Waals surface area contributed by atoms with Crippen molar-refractivity contribution in [2.24, 2.45) is 0 Å². The van der Waals surface area contributed by atoms with E-state index in [0.717, 1.165) is 22.9 Å². The number of carbonyl (C=O) groups is 1. The molecule has 0 saturated heterocycles. The third-order valence-corrected chi connectivity index (χ3v) is 5.29. The monoisotopic (exact) mass is 361 g/mol. The van der Waals surface area contributed by atoms with Gasteiger partial charge in [-0.1, -0.05) is 54.6 Å². The number of nitrogens with one attached hydrogen (secondary N) is 1. The van der Waals surface area contributed by atoms with Gasteiger partial charge in [-0.2, -0.15) is 0 Å². The predicted molar refractivity (Wildman–Crippen MR) is 96.0 cm³/mol. The van der Waals surface area contributed by atoms with Gasteiger partial charge in [0, 0.05) is 11.1 Å². The van der Waals surface area contributed by atoms with Crippen LogP contribution in [-0.2, 0) is 0 Å². The lowest BCUT2D eigenvalue weighted by molar-refractivity contribution is 0.102. The number of unbranched alkanes of at least 4 members (excludes halogenated alkanes) is 1. The van der Waals surface area contributed by atoms with Crippen molar-refractivity contribution in [3.05, 3.63) is 46.3 Å². The van der Waals surface area contributed by atoms with Crippen molar-refractivity contribution in [2.75, 3.05) is 11.1 Å². The van der Waals surface area contributed by atoms with Crippen molar-refractivity contribution in [1.29, 1.82) is 0 Å². The Labute approximate surface area is 146 Å². The summed E-state index contributed by atoms with van der Waals surface area (Å²) in [6, 6.07) is 8.57. The predicted octanol–water partition coefficient (Wildman–Crippen LogP) is 3.79. The van der Waals surface area contributed by atoms with E-state index in [1.807, 2.05) is 6.07 Å². The fourth-order valence-corrected chi connectivity index (χ4v) is 3.91. The second-order valence-corrected chi connectivity index (χ2v) is 7.33. The summed E-state index contributed by atoms with van der Waals surface area (Å²) in [5.41, 5.74) is -0.276. The first-order valence-corrected chi connectivity index (χ1v) is 9.28. The molecule has 3 rings (SSSR count). The number of benzene rings is 1. The lowest BCUT2D eigenvalue weighted by atomic mass is 10.2. The van der Waals surface area contributed by atoms with Gasteiger partial charge in [-0.05, 0) is 18.6 Å². The molecule has 1 amide bonds. The van der Waals surface area contributed by atoms with Gasteiger partial charge in [-0.15, -0.1) is 10.2 Å². The fourth-order valence-electron chi connectivity index (χ4n) is 2.01. The highest BCUT2D eigenvalue weighted by atomic mass is 32.2. The first-order valence-electron chi connectivity index (χ1n) is 7.48. The Hall–Kier alpha value is -2.19. The largest absolute Gasteiger partial charge is 0.422 e. The molecule has 3 aromatic rings. The highest BCUT2D eigenvalue weighted by Gasteiger charge is 2.16. The van der Waals surface area contributed by atoms with Gasteiger partial charge in [0.15, 0.2) is 4.34 Å². The zero-order valence-electron chi connectivity index (χ0n) is 12.9. The topological polar surface area (TPSA) is 85.1 Å². The maximum Gasteiger partial charge on any atom is 0.349 e. The molecular weight excluding hydrogens is 346 g/mol. The molecule has 2 heterocycles. The smallest absolute Gasteiger partial charge is 0.349 e. The Bertz CT molecular complexity index is 920. The molecule has 6 nitrogen and oxygen atoms in total. The number of nitrogens with zero attached hydrogens (tertiary/aromatic N) is 2. The zero-order chi connectivity index (χ0) is 16.9. The van der Waals surface area contributed by atoms with Crippen LogP contribution in [0.2, 0.25) is 0 Å². The van der Waals surface area contributed by atoms with E-state index in [2.05, 4.69) is 22.4 Å². The van der Waals surface area contributed by atoms with Crippen molar-refractivity contribution in [3.8, 4) is 0 Å². The quantitative estimate of drug-likeness (QED) is 0.311. The number of hydrogen-bond donors (Lipinski definition) is 1. The maximum absolute atomic E-state index is 12.3. The van der Waals surface area contributed by atoms with E-state index < -0.39 is 11.5 Å². The number of anilines is 1. The molecular formula is C16H15N3O3S2. The lowest BCUT2D eigenvalue weighted by Gasteiger charge is -2.01. The van der Waals surface area contributed by atoms with Crippen molar-refractivity contribution in [1.82, 2.24) is 10.2 Å². The van der Waals surface area contributed by atoms with Crippen LogP contribution in [-0.4, -0.2) is 21.9 Å². The summed E-state index contributed by atoms with van der Waals surface area (Å²) in [7, 11) is 0. The molecule has 0 saturated carbocycles. The molecule has 0 radical (unpaired) electrons.